The fourth-order valence-electron chi connectivity index (χ4n) is 3.99. The summed E-state index contributed by atoms with van der Waals surface area (Å²) >= 11 is 6.19. The van der Waals surface area contributed by atoms with Crippen molar-refractivity contribution in [3.05, 3.63) is 45.2 Å². The number of hydrogen-bond acceptors (Lipinski definition) is 7. The van der Waals surface area contributed by atoms with Gasteiger partial charge in [0.05, 0.1) is 11.6 Å². The standard InChI is InChI=1S/C22H22ClFN6O/c1-13-14(2-3-20(28-13)31-16-8-15(24)9-16)11-30-7-4-17-18(10-26)21(23)29-22(19(17)12-30)27-6-5-25/h2-3,15-16H,4,6-9,11-12H2,1H3,(H,27,29). The first-order valence-corrected chi connectivity index (χ1v) is 10.6. The van der Waals surface area contributed by atoms with Crippen molar-refractivity contribution >= 4 is 17.4 Å². The lowest BCUT2D eigenvalue weighted by Gasteiger charge is -2.31. The average molecular weight is 441 g/mol. The molecule has 9 heteroatoms. The quantitative estimate of drug-likeness (QED) is 0.540. The van der Waals surface area contributed by atoms with Crippen LogP contribution in [0.1, 0.15) is 40.8 Å². The Morgan fingerprint density at radius 1 is 1.29 bits per heavy atom. The van der Waals surface area contributed by atoms with E-state index in [1.54, 1.807) is 0 Å². The zero-order valence-corrected chi connectivity index (χ0v) is 17.9. The third-order valence-electron chi connectivity index (χ3n) is 5.76. The average Bonchev–Trinajstić information content (AvgIpc) is 2.73. The molecule has 0 saturated heterocycles. The van der Waals surface area contributed by atoms with Gasteiger partial charge in [-0.05, 0) is 24.5 Å². The maximum Gasteiger partial charge on any atom is 0.213 e. The molecule has 2 aromatic rings. The largest absolute Gasteiger partial charge is 0.474 e. The van der Waals surface area contributed by atoms with Crippen LogP contribution in [0, 0.1) is 29.6 Å². The van der Waals surface area contributed by atoms with Crippen molar-refractivity contribution in [2.24, 2.45) is 0 Å². The number of alkyl halides is 1. The van der Waals surface area contributed by atoms with E-state index in [-0.39, 0.29) is 17.8 Å². The number of rotatable bonds is 6. The molecule has 1 N–H and O–H groups in total. The third-order valence-corrected chi connectivity index (χ3v) is 6.04. The van der Waals surface area contributed by atoms with Crippen molar-refractivity contribution in [1.29, 1.82) is 10.5 Å². The van der Waals surface area contributed by atoms with Crippen LogP contribution >= 0.6 is 11.6 Å². The number of halogens is 2. The molecule has 2 aliphatic rings. The van der Waals surface area contributed by atoms with E-state index < -0.39 is 6.17 Å². The van der Waals surface area contributed by atoms with Crippen LogP contribution in [0.15, 0.2) is 12.1 Å². The van der Waals surface area contributed by atoms with E-state index in [1.165, 1.54) is 0 Å². The number of aryl methyl sites for hydroxylation is 1. The minimum atomic E-state index is -0.759. The third kappa shape index (κ3) is 4.56. The molecule has 1 fully saturated rings. The van der Waals surface area contributed by atoms with Gasteiger partial charge in [-0.15, -0.1) is 0 Å². The number of pyridine rings is 2. The molecule has 0 bridgehead atoms. The van der Waals surface area contributed by atoms with Gasteiger partial charge < -0.3 is 10.1 Å². The van der Waals surface area contributed by atoms with Gasteiger partial charge in [-0.3, -0.25) is 4.90 Å². The lowest BCUT2D eigenvalue weighted by Crippen LogP contribution is -2.35. The van der Waals surface area contributed by atoms with Crippen LogP contribution in [0.3, 0.4) is 0 Å². The highest BCUT2D eigenvalue weighted by Gasteiger charge is 2.31. The predicted octanol–water partition coefficient (Wildman–Crippen LogP) is 3.68. The predicted molar refractivity (Wildman–Crippen MR) is 113 cm³/mol. The molecule has 31 heavy (non-hydrogen) atoms. The van der Waals surface area contributed by atoms with Gasteiger partial charge in [-0.25, -0.2) is 14.4 Å². The number of nitrogens with one attached hydrogen (secondary N) is 1. The highest BCUT2D eigenvalue weighted by atomic mass is 35.5. The Hall–Kier alpha value is -2.94. The summed E-state index contributed by atoms with van der Waals surface area (Å²) < 4.78 is 18.7. The molecule has 1 aliphatic carbocycles. The molecule has 0 aromatic carbocycles. The molecule has 1 saturated carbocycles. The van der Waals surface area contributed by atoms with E-state index >= 15 is 0 Å². The van der Waals surface area contributed by atoms with Crippen LogP contribution in [0.25, 0.3) is 0 Å². The Kier molecular flexibility index (Phi) is 6.22. The summed E-state index contributed by atoms with van der Waals surface area (Å²) in [5.41, 5.74) is 4.14. The first-order valence-electron chi connectivity index (χ1n) is 10.2. The van der Waals surface area contributed by atoms with Gasteiger partial charge in [0.15, 0.2) is 0 Å². The minimum absolute atomic E-state index is 0.0840. The molecule has 0 atom stereocenters. The number of nitrogens with zero attached hydrogens (tertiary/aromatic N) is 5. The molecule has 0 amide bonds. The summed E-state index contributed by atoms with van der Waals surface area (Å²) in [6.07, 6.45) is 0.688. The van der Waals surface area contributed by atoms with Crippen molar-refractivity contribution in [2.75, 3.05) is 18.4 Å². The SMILES string of the molecule is Cc1nc(OC2CC(F)C2)ccc1CN1CCc2c(C#N)c(Cl)nc(NCC#N)c2C1. The molecule has 0 unspecified atom stereocenters. The van der Waals surface area contributed by atoms with E-state index in [1.807, 2.05) is 25.1 Å². The van der Waals surface area contributed by atoms with Crippen molar-refractivity contribution < 1.29 is 9.13 Å². The van der Waals surface area contributed by atoms with Crippen LogP contribution in [-0.2, 0) is 19.5 Å². The Labute approximate surface area is 185 Å². The summed E-state index contributed by atoms with van der Waals surface area (Å²) in [7, 11) is 0. The van der Waals surface area contributed by atoms with E-state index in [4.69, 9.17) is 21.6 Å². The summed E-state index contributed by atoms with van der Waals surface area (Å²) in [6.45, 7) is 4.07. The summed E-state index contributed by atoms with van der Waals surface area (Å²) in [6, 6.07) is 8.04. The van der Waals surface area contributed by atoms with Crippen molar-refractivity contribution in [3.63, 3.8) is 0 Å². The van der Waals surface area contributed by atoms with E-state index in [9.17, 15) is 9.65 Å². The van der Waals surface area contributed by atoms with Crippen molar-refractivity contribution in [3.8, 4) is 18.0 Å². The Bertz CT molecular complexity index is 1070. The maximum absolute atomic E-state index is 13.0. The van der Waals surface area contributed by atoms with E-state index in [2.05, 4.69) is 26.3 Å². The van der Waals surface area contributed by atoms with Crippen molar-refractivity contribution in [2.45, 2.75) is 51.6 Å². The summed E-state index contributed by atoms with van der Waals surface area (Å²) in [4.78, 5) is 11.1. The molecule has 4 rings (SSSR count). The lowest BCUT2D eigenvalue weighted by atomic mass is 9.94. The Morgan fingerprint density at radius 3 is 2.77 bits per heavy atom. The first-order chi connectivity index (χ1) is 15.0. The van der Waals surface area contributed by atoms with Gasteiger partial charge in [-0.2, -0.15) is 10.5 Å². The molecule has 7 nitrogen and oxygen atoms in total. The van der Waals surface area contributed by atoms with Gasteiger partial charge in [0, 0.05) is 49.8 Å². The fraction of sp³-hybridized carbons (Fsp3) is 0.455. The molecular formula is C22H22ClFN6O. The molecule has 0 spiro atoms. The van der Waals surface area contributed by atoms with E-state index in [0.29, 0.717) is 49.6 Å². The topological polar surface area (TPSA) is 97.9 Å². The van der Waals surface area contributed by atoms with Crippen LogP contribution < -0.4 is 10.1 Å². The molecule has 2 aromatic heterocycles. The summed E-state index contributed by atoms with van der Waals surface area (Å²) in [5.74, 6) is 1.08. The number of anilines is 1. The van der Waals surface area contributed by atoms with Crippen LogP contribution in [0.5, 0.6) is 5.88 Å². The van der Waals surface area contributed by atoms with Crippen LogP contribution in [0.2, 0.25) is 5.15 Å². The first kappa shape index (κ1) is 21.3. The second kappa shape index (κ2) is 9.05. The van der Waals surface area contributed by atoms with Gasteiger partial charge in [0.1, 0.15) is 35.9 Å². The van der Waals surface area contributed by atoms with Crippen LogP contribution in [0.4, 0.5) is 10.2 Å². The Balaban J connectivity index is 1.50. The number of ether oxygens (including phenoxy) is 1. The normalized spacial score (nSPS) is 20.2. The molecule has 3 heterocycles. The highest BCUT2D eigenvalue weighted by molar-refractivity contribution is 6.30. The maximum atomic E-state index is 13.0. The second-order valence-electron chi connectivity index (χ2n) is 7.87. The van der Waals surface area contributed by atoms with Crippen molar-refractivity contribution in [1.82, 2.24) is 14.9 Å². The Morgan fingerprint density at radius 2 is 2.10 bits per heavy atom. The smallest absolute Gasteiger partial charge is 0.213 e. The molecule has 1 aliphatic heterocycles. The molecule has 0 radical (unpaired) electrons. The number of aromatic nitrogens is 2. The zero-order valence-electron chi connectivity index (χ0n) is 17.2. The fourth-order valence-corrected chi connectivity index (χ4v) is 4.23. The number of fused-ring (bicyclic) bond motifs is 1. The van der Waals surface area contributed by atoms with Gasteiger partial charge in [-0.1, -0.05) is 17.7 Å². The van der Waals surface area contributed by atoms with Gasteiger partial charge in [0.25, 0.3) is 0 Å². The zero-order chi connectivity index (χ0) is 22.0. The minimum Gasteiger partial charge on any atom is -0.474 e. The lowest BCUT2D eigenvalue weighted by molar-refractivity contribution is 0.0376. The summed E-state index contributed by atoms with van der Waals surface area (Å²) in [5, 5.41) is 21.6. The second-order valence-corrected chi connectivity index (χ2v) is 8.23. The van der Waals surface area contributed by atoms with Crippen LogP contribution in [-0.4, -0.2) is 40.2 Å². The monoisotopic (exact) mass is 440 g/mol. The number of nitriles is 2. The van der Waals surface area contributed by atoms with Gasteiger partial charge >= 0.3 is 0 Å². The molecule has 160 valence electrons. The highest BCUT2D eigenvalue weighted by Crippen LogP contribution is 2.32. The molecular weight excluding hydrogens is 419 g/mol. The van der Waals surface area contributed by atoms with E-state index in [0.717, 1.165) is 28.9 Å². The number of hydrogen-bond donors (Lipinski definition) is 1. The van der Waals surface area contributed by atoms with Gasteiger partial charge in [0.2, 0.25) is 5.88 Å².